The molecule has 1 aliphatic rings. The third-order valence-electron chi connectivity index (χ3n) is 6.19. The number of anilines is 1. The van der Waals surface area contributed by atoms with Gasteiger partial charge in [0.05, 0.1) is 5.56 Å². The predicted molar refractivity (Wildman–Crippen MR) is 126 cm³/mol. The van der Waals surface area contributed by atoms with Crippen LogP contribution in [0.3, 0.4) is 0 Å². The van der Waals surface area contributed by atoms with Crippen LogP contribution < -0.4 is 10.6 Å². The van der Waals surface area contributed by atoms with Crippen molar-refractivity contribution in [2.24, 2.45) is 5.41 Å². The molecular weight excluding hydrogens is 400 g/mol. The molecule has 0 aliphatic heterocycles. The molecule has 166 valence electrons. The molecule has 1 aromatic heterocycles. The first kappa shape index (κ1) is 23.2. The molecule has 2 N–H and O–H groups in total. The van der Waals surface area contributed by atoms with E-state index in [2.05, 4.69) is 53.2 Å². The van der Waals surface area contributed by atoms with E-state index in [0.29, 0.717) is 35.6 Å². The van der Waals surface area contributed by atoms with E-state index in [4.69, 9.17) is 0 Å². The third kappa shape index (κ3) is 5.42. The van der Waals surface area contributed by atoms with E-state index in [9.17, 15) is 9.59 Å². The summed E-state index contributed by atoms with van der Waals surface area (Å²) in [5.74, 6) is 6.62. The highest BCUT2D eigenvalue weighted by atomic mass is 16.1. The molecular formula is C26H30N4O2. The Morgan fingerprint density at radius 1 is 1.09 bits per heavy atom. The number of hydrogen-bond acceptors (Lipinski definition) is 5. The number of carbonyl (C=O) groups is 2. The highest BCUT2D eigenvalue weighted by Gasteiger charge is 2.33. The number of aromatic nitrogens is 2. The van der Waals surface area contributed by atoms with Gasteiger partial charge >= 0.3 is 0 Å². The van der Waals surface area contributed by atoms with Crippen molar-refractivity contribution in [3.63, 3.8) is 0 Å². The molecule has 0 atom stereocenters. The van der Waals surface area contributed by atoms with E-state index in [1.54, 1.807) is 25.5 Å². The number of rotatable bonds is 6. The number of nitrogens with one attached hydrogen (secondary N) is 2. The van der Waals surface area contributed by atoms with Gasteiger partial charge in [0, 0.05) is 48.8 Å². The lowest BCUT2D eigenvalue weighted by molar-refractivity contribution is -0.117. The fourth-order valence-corrected chi connectivity index (χ4v) is 3.98. The number of allylic oxidation sites excluding steroid dienone is 2. The van der Waals surface area contributed by atoms with Gasteiger partial charge in [-0.2, -0.15) is 0 Å². The van der Waals surface area contributed by atoms with E-state index in [1.165, 1.54) is 0 Å². The first-order valence-corrected chi connectivity index (χ1v) is 11.1. The minimum Gasteiger partial charge on any atom is -0.357 e. The maximum atomic E-state index is 13.0. The van der Waals surface area contributed by atoms with Gasteiger partial charge < -0.3 is 10.6 Å². The molecule has 1 aromatic carbocycles. The normalized spacial score (nSPS) is 14.8. The molecule has 0 fully saturated rings. The Morgan fingerprint density at radius 2 is 1.81 bits per heavy atom. The van der Waals surface area contributed by atoms with Crippen LogP contribution in [0.1, 0.15) is 73.5 Å². The van der Waals surface area contributed by atoms with Crippen LogP contribution in [0.2, 0.25) is 0 Å². The topological polar surface area (TPSA) is 84.0 Å². The summed E-state index contributed by atoms with van der Waals surface area (Å²) in [5, 5.41) is 5.84. The maximum Gasteiger partial charge on any atom is 0.255 e. The summed E-state index contributed by atoms with van der Waals surface area (Å²) >= 11 is 0. The first-order valence-electron chi connectivity index (χ1n) is 11.1. The lowest BCUT2D eigenvalue weighted by Crippen LogP contribution is -2.34. The van der Waals surface area contributed by atoms with Gasteiger partial charge in [0.15, 0.2) is 5.78 Å². The average Bonchev–Trinajstić information content (AvgIpc) is 2.82. The largest absolute Gasteiger partial charge is 0.357 e. The number of ketones is 1. The Kier molecular flexibility index (Phi) is 7.42. The van der Waals surface area contributed by atoms with E-state index < -0.39 is 0 Å². The number of benzene rings is 1. The zero-order chi connectivity index (χ0) is 23.1. The molecule has 3 rings (SSSR count). The molecule has 1 amide bonds. The highest BCUT2D eigenvalue weighted by Crippen LogP contribution is 2.40. The van der Waals surface area contributed by atoms with Crippen molar-refractivity contribution in [1.82, 2.24) is 15.3 Å². The van der Waals surface area contributed by atoms with E-state index in [1.807, 2.05) is 18.2 Å². The zero-order valence-electron chi connectivity index (χ0n) is 19.2. The van der Waals surface area contributed by atoms with Crippen molar-refractivity contribution in [3.8, 4) is 11.8 Å². The zero-order valence-corrected chi connectivity index (χ0v) is 19.2. The van der Waals surface area contributed by atoms with Gasteiger partial charge in [-0.15, -0.1) is 0 Å². The number of amides is 1. The van der Waals surface area contributed by atoms with Crippen LogP contribution in [-0.2, 0) is 11.2 Å². The summed E-state index contributed by atoms with van der Waals surface area (Å²) in [5.41, 5.74) is 3.70. The molecule has 1 aliphatic carbocycles. The quantitative estimate of drug-likeness (QED) is 0.669. The van der Waals surface area contributed by atoms with Gasteiger partial charge in [-0.1, -0.05) is 38.7 Å². The van der Waals surface area contributed by atoms with Gasteiger partial charge in [0.25, 0.3) is 5.91 Å². The van der Waals surface area contributed by atoms with Gasteiger partial charge in [0.1, 0.15) is 0 Å². The second-order valence-electron chi connectivity index (χ2n) is 8.17. The molecule has 0 unspecified atom stereocenters. The van der Waals surface area contributed by atoms with Crippen molar-refractivity contribution in [3.05, 3.63) is 64.6 Å². The number of nitrogens with zero attached hydrogens (tertiary/aromatic N) is 2. The minimum atomic E-state index is -0.223. The lowest BCUT2D eigenvalue weighted by atomic mass is 9.71. The van der Waals surface area contributed by atoms with Crippen LogP contribution in [-0.4, -0.2) is 28.7 Å². The molecule has 6 nitrogen and oxygen atoms in total. The minimum absolute atomic E-state index is 0.0674. The van der Waals surface area contributed by atoms with Crippen LogP contribution in [0, 0.1) is 17.3 Å². The lowest BCUT2D eigenvalue weighted by Gasteiger charge is -2.34. The standard InChI is InChI=1S/C26H30N4O2/c1-5-19-10-11-21(12-20(19)9-8-18-16-28-25(27-4)29-17-18)24(32)30-22-13-23(31)15-26(6-2,7-3)14-22/h10-13,16-17H,5-7,14-15H2,1-4H3,(H,30,32)(H,27,28,29). The van der Waals surface area contributed by atoms with Crippen molar-refractivity contribution in [2.75, 3.05) is 12.4 Å². The van der Waals surface area contributed by atoms with Crippen LogP contribution in [0.5, 0.6) is 0 Å². The fraction of sp³-hybridized carbons (Fsp3) is 0.385. The van der Waals surface area contributed by atoms with Gasteiger partial charge in [-0.25, -0.2) is 9.97 Å². The molecule has 0 saturated carbocycles. The van der Waals surface area contributed by atoms with Gasteiger partial charge in [-0.3, -0.25) is 9.59 Å². The SMILES string of the molecule is CCc1ccc(C(=O)NC2=CC(=O)CC(CC)(CC)C2)cc1C#Cc1cnc(NC)nc1. The smallest absolute Gasteiger partial charge is 0.255 e. The van der Waals surface area contributed by atoms with Crippen molar-refractivity contribution in [1.29, 1.82) is 0 Å². The second-order valence-corrected chi connectivity index (χ2v) is 8.17. The summed E-state index contributed by atoms with van der Waals surface area (Å²) in [6.07, 6.45) is 8.78. The first-order chi connectivity index (χ1) is 15.4. The molecule has 0 radical (unpaired) electrons. The van der Waals surface area contributed by atoms with E-state index in [0.717, 1.165) is 30.4 Å². The van der Waals surface area contributed by atoms with Crippen molar-refractivity contribution in [2.45, 2.75) is 52.9 Å². The Labute approximate surface area is 189 Å². The van der Waals surface area contributed by atoms with Crippen molar-refractivity contribution >= 4 is 17.6 Å². The maximum absolute atomic E-state index is 13.0. The van der Waals surface area contributed by atoms with Gasteiger partial charge in [-0.05, 0) is 48.8 Å². The molecule has 0 saturated heterocycles. The van der Waals surface area contributed by atoms with E-state index >= 15 is 0 Å². The molecule has 6 heteroatoms. The number of carbonyl (C=O) groups excluding carboxylic acids is 2. The Balaban J connectivity index is 1.82. The molecule has 2 aromatic rings. The summed E-state index contributed by atoms with van der Waals surface area (Å²) in [6.45, 7) is 6.26. The summed E-state index contributed by atoms with van der Waals surface area (Å²) in [7, 11) is 1.76. The number of aryl methyl sites for hydroxylation is 1. The van der Waals surface area contributed by atoms with Gasteiger partial charge in [0.2, 0.25) is 5.95 Å². The summed E-state index contributed by atoms with van der Waals surface area (Å²) in [6, 6.07) is 5.55. The van der Waals surface area contributed by atoms with Crippen LogP contribution >= 0.6 is 0 Å². The van der Waals surface area contributed by atoms with E-state index in [-0.39, 0.29) is 17.1 Å². The van der Waals surface area contributed by atoms with Crippen LogP contribution in [0.15, 0.2) is 42.4 Å². The van der Waals surface area contributed by atoms with Crippen LogP contribution in [0.25, 0.3) is 0 Å². The predicted octanol–water partition coefficient (Wildman–Crippen LogP) is 4.26. The molecule has 32 heavy (non-hydrogen) atoms. The van der Waals surface area contributed by atoms with Crippen molar-refractivity contribution < 1.29 is 9.59 Å². The molecule has 0 spiro atoms. The van der Waals surface area contributed by atoms with Crippen LogP contribution in [0.4, 0.5) is 5.95 Å². The Hall–Kier alpha value is -3.46. The average molecular weight is 431 g/mol. The molecule has 1 heterocycles. The highest BCUT2D eigenvalue weighted by molar-refractivity contribution is 5.98. The summed E-state index contributed by atoms with van der Waals surface area (Å²) in [4.78, 5) is 33.6. The summed E-state index contributed by atoms with van der Waals surface area (Å²) < 4.78 is 0. The number of hydrogen-bond donors (Lipinski definition) is 2. The fourth-order valence-electron chi connectivity index (χ4n) is 3.98. The third-order valence-corrected chi connectivity index (χ3v) is 6.19. The monoisotopic (exact) mass is 430 g/mol. The Morgan fingerprint density at radius 3 is 2.44 bits per heavy atom. The Bertz CT molecular complexity index is 1090. The molecule has 0 bridgehead atoms. The second kappa shape index (κ2) is 10.2.